The number of hydrogen-bond acceptors (Lipinski definition) is 4. The molecule has 6 nitrogen and oxygen atoms in total. The van der Waals surface area contributed by atoms with Gasteiger partial charge >= 0.3 is 0 Å². The SMILES string of the molecule is CC(C)(C)c1ccc(C(=O)Nc2cn3nc(-c4ccoc4)ccc3n2)cc1. The van der Waals surface area contributed by atoms with Gasteiger partial charge in [0.05, 0.1) is 24.4 Å². The molecule has 4 aromatic rings. The van der Waals surface area contributed by atoms with Crippen LogP contribution in [0, 0.1) is 0 Å². The number of nitrogens with zero attached hydrogens (tertiary/aromatic N) is 3. The maximum absolute atomic E-state index is 12.5. The summed E-state index contributed by atoms with van der Waals surface area (Å²) in [4.78, 5) is 16.9. The van der Waals surface area contributed by atoms with Crippen molar-refractivity contribution < 1.29 is 9.21 Å². The predicted octanol–water partition coefficient (Wildman–Crippen LogP) is 4.54. The fourth-order valence-corrected chi connectivity index (χ4v) is 2.82. The lowest BCUT2D eigenvalue weighted by Crippen LogP contribution is -2.14. The van der Waals surface area contributed by atoms with Crippen LogP contribution in [0.4, 0.5) is 5.82 Å². The first kappa shape index (κ1) is 17.0. The van der Waals surface area contributed by atoms with Gasteiger partial charge in [0.2, 0.25) is 0 Å². The summed E-state index contributed by atoms with van der Waals surface area (Å²) < 4.78 is 6.73. The highest BCUT2D eigenvalue weighted by molar-refractivity contribution is 6.03. The summed E-state index contributed by atoms with van der Waals surface area (Å²) in [5.41, 5.74) is 4.13. The summed E-state index contributed by atoms with van der Waals surface area (Å²) in [5.74, 6) is 0.255. The molecule has 3 heterocycles. The summed E-state index contributed by atoms with van der Waals surface area (Å²) in [6.07, 6.45) is 4.93. The van der Waals surface area contributed by atoms with E-state index in [0.717, 1.165) is 11.3 Å². The molecule has 0 atom stereocenters. The van der Waals surface area contributed by atoms with Crippen LogP contribution in [0.5, 0.6) is 0 Å². The Kier molecular flexibility index (Phi) is 4.03. The molecule has 0 aliphatic carbocycles. The Balaban J connectivity index is 1.55. The van der Waals surface area contributed by atoms with Crippen LogP contribution in [0.3, 0.4) is 0 Å². The number of hydrogen-bond donors (Lipinski definition) is 1. The van der Waals surface area contributed by atoms with Crippen molar-refractivity contribution in [3.63, 3.8) is 0 Å². The molecule has 0 aliphatic heterocycles. The van der Waals surface area contributed by atoms with E-state index in [4.69, 9.17) is 4.42 Å². The lowest BCUT2D eigenvalue weighted by atomic mass is 9.87. The summed E-state index contributed by atoms with van der Waals surface area (Å²) in [6, 6.07) is 13.2. The Morgan fingerprint density at radius 1 is 1.07 bits per heavy atom. The standard InChI is InChI=1S/C21H20N4O2/c1-21(2,3)16-6-4-14(5-7-16)20(26)23-18-12-25-19(22-18)9-8-17(24-25)15-10-11-27-13-15/h4-13H,1-3H3,(H,23,26). The van der Waals surface area contributed by atoms with E-state index in [2.05, 4.69) is 36.2 Å². The fraction of sp³-hybridized carbons (Fsp3) is 0.190. The van der Waals surface area contributed by atoms with E-state index in [-0.39, 0.29) is 11.3 Å². The number of imidazole rings is 1. The molecule has 0 aliphatic rings. The highest BCUT2D eigenvalue weighted by atomic mass is 16.3. The Labute approximate surface area is 156 Å². The number of furan rings is 1. The first-order valence-electron chi connectivity index (χ1n) is 8.71. The summed E-state index contributed by atoms with van der Waals surface area (Å²) in [5, 5.41) is 7.33. The lowest BCUT2D eigenvalue weighted by Gasteiger charge is -2.18. The number of carbonyl (C=O) groups is 1. The maximum Gasteiger partial charge on any atom is 0.256 e. The minimum Gasteiger partial charge on any atom is -0.472 e. The number of fused-ring (bicyclic) bond motifs is 1. The molecule has 0 radical (unpaired) electrons. The zero-order valence-electron chi connectivity index (χ0n) is 15.4. The molecule has 0 saturated carbocycles. The van der Waals surface area contributed by atoms with Crippen LogP contribution >= 0.6 is 0 Å². The molecular formula is C21H20N4O2. The molecule has 1 amide bonds. The van der Waals surface area contributed by atoms with Gasteiger partial charge in [-0.2, -0.15) is 5.10 Å². The molecule has 0 spiro atoms. The number of nitrogens with one attached hydrogen (secondary N) is 1. The molecule has 3 aromatic heterocycles. The number of benzene rings is 1. The lowest BCUT2D eigenvalue weighted by molar-refractivity contribution is 0.102. The van der Waals surface area contributed by atoms with Gasteiger partial charge in [0.15, 0.2) is 11.5 Å². The smallest absolute Gasteiger partial charge is 0.256 e. The molecular weight excluding hydrogens is 340 g/mol. The van der Waals surface area contributed by atoms with Crippen molar-refractivity contribution in [2.45, 2.75) is 26.2 Å². The van der Waals surface area contributed by atoms with Crippen molar-refractivity contribution in [2.24, 2.45) is 0 Å². The van der Waals surface area contributed by atoms with E-state index >= 15 is 0 Å². The highest BCUT2D eigenvalue weighted by Crippen LogP contribution is 2.23. The van der Waals surface area contributed by atoms with Crippen LogP contribution in [-0.2, 0) is 5.41 Å². The molecule has 0 saturated heterocycles. The van der Waals surface area contributed by atoms with Crippen molar-refractivity contribution in [1.82, 2.24) is 14.6 Å². The minimum absolute atomic E-state index is 0.0506. The number of anilines is 1. The summed E-state index contributed by atoms with van der Waals surface area (Å²) in [6.45, 7) is 6.43. The van der Waals surface area contributed by atoms with Gasteiger partial charge in [-0.25, -0.2) is 9.50 Å². The minimum atomic E-state index is -0.200. The first-order chi connectivity index (χ1) is 12.9. The molecule has 136 valence electrons. The molecule has 27 heavy (non-hydrogen) atoms. The number of rotatable bonds is 3. The molecule has 0 unspecified atom stereocenters. The average Bonchev–Trinajstić information content (AvgIpc) is 3.29. The number of carbonyl (C=O) groups excluding carboxylic acids is 1. The third kappa shape index (κ3) is 3.46. The quantitative estimate of drug-likeness (QED) is 0.582. The van der Waals surface area contributed by atoms with Gasteiger partial charge in [0, 0.05) is 11.1 Å². The first-order valence-corrected chi connectivity index (χ1v) is 8.71. The van der Waals surface area contributed by atoms with Crippen LogP contribution in [0.15, 0.2) is 65.6 Å². The van der Waals surface area contributed by atoms with Crippen LogP contribution in [0.2, 0.25) is 0 Å². The van der Waals surface area contributed by atoms with Gasteiger partial charge in [0.25, 0.3) is 5.91 Å². The second-order valence-corrected chi connectivity index (χ2v) is 7.44. The summed E-state index contributed by atoms with van der Waals surface area (Å²) >= 11 is 0. The summed E-state index contributed by atoms with van der Waals surface area (Å²) in [7, 11) is 0. The normalized spacial score (nSPS) is 11.7. The van der Waals surface area contributed by atoms with Crippen molar-refractivity contribution >= 4 is 17.4 Å². The second kappa shape index (κ2) is 6.39. The second-order valence-electron chi connectivity index (χ2n) is 7.44. The fourth-order valence-electron chi connectivity index (χ4n) is 2.82. The van der Waals surface area contributed by atoms with Crippen LogP contribution in [0.1, 0.15) is 36.7 Å². The van der Waals surface area contributed by atoms with Crippen LogP contribution < -0.4 is 5.32 Å². The molecule has 1 N–H and O–H groups in total. The molecule has 6 heteroatoms. The van der Waals surface area contributed by atoms with Crippen LogP contribution in [0.25, 0.3) is 16.9 Å². The largest absolute Gasteiger partial charge is 0.472 e. The molecule has 0 bridgehead atoms. The third-order valence-electron chi connectivity index (χ3n) is 4.39. The monoisotopic (exact) mass is 360 g/mol. The van der Waals surface area contributed by atoms with Crippen molar-refractivity contribution in [1.29, 1.82) is 0 Å². The zero-order chi connectivity index (χ0) is 19.0. The van der Waals surface area contributed by atoms with E-state index in [9.17, 15) is 4.79 Å². The molecule has 4 rings (SSSR count). The highest BCUT2D eigenvalue weighted by Gasteiger charge is 2.15. The predicted molar refractivity (Wildman–Crippen MR) is 104 cm³/mol. The van der Waals surface area contributed by atoms with Gasteiger partial charge in [0.1, 0.15) is 0 Å². The zero-order valence-corrected chi connectivity index (χ0v) is 15.4. The molecule has 0 fully saturated rings. The topological polar surface area (TPSA) is 72.4 Å². The van der Waals surface area contributed by atoms with E-state index in [1.807, 2.05) is 42.5 Å². The van der Waals surface area contributed by atoms with E-state index < -0.39 is 0 Å². The van der Waals surface area contributed by atoms with E-state index in [1.54, 1.807) is 23.2 Å². The Hall–Kier alpha value is -3.41. The maximum atomic E-state index is 12.5. The van der Waals surface area contributed by atoms with E-state index in [0.29, 0.717) is 17.0 Å². The average molecular weight is 360 g/mol. The third-order valence-corrected chi connectivity index (χ3v) is 4.39. The van der Waals surface area contributed by atoms with E-state index in [1.165, 1.54) is 5.56 Å². The molecule has 1 aromatic carbocycles. The Morgan fingerprint density at radius 3 is 2.52 bits per heavy atom. The van der Waals surface area contributed by atoms with Gasteiger partial charge in [-0.05, 0) is 41.3 Å². The number of amides is 1. The number of aromatic nitrogens is 3. The van der Waals surface area contributed by atoms with Gasteiger partial charge in [-0.15, -0.1) is 0 Å². The van der Waals surface area contributed by atoms with Gasteiger partial charge in [-0.3, -0.25) is 4.79 Å². The van der Waals surface area contributed by atoms with Gasteiger partial charge in [-0.1, -0.05) is 32.9 Å². The van der Waals surface area contributed by atoms with Crippen LogP contribution in [-0.4, -0.2) is 20.5 Å². The van der Waals surface area contributed by atoms with Gasteiger partial charge < -0.3 is 9.73 Å². The van der Waals surface area contributed by atoms with Crippen molar-refractivity contribution in [3.05, 3.63) is 72.3 Å². The van der Waals surface area contributed by atoms with Crippen molar-refractivity contribution in [3.8, 4) is 11.3 Å². The van der Waals surface area contributed by atoms with Crippen molar-refractivity contribution in [2.75, 3.05) is 5.32 Å². The Bertz CT molecular complexity index is 1090. The Morgan fingerprint density at radius 2 is 1.85 bits per heavy atom.